The molecule has 0 aliphatic heterocycles. The minimum absolute atomic E-state index is 0.273. The maximum absolute atomic E-state index is 11.8. The molecule has 0 radical (unpaired) electrons. The van der Waals surface area contributed by atoms with Gasteiger partial charge in [-0.05, 0) is 54.4 Å². The maximum atomic E-state index is 11.8. The fourth-order valence-corrected chi connectivity index (χ4v) is 4.08. The summed E-state index contributed by atoms with van der Waals surface area (Å²) in [5.41, 5.74) is 1.53. The Balaban J connectivity index is 2.16. The highest BCUT2D eigenvalue weighted by atomic mass is 16.1. The fourth-order valence-electron chi connectivity index (χ4n) is 4.08. The molecular weight excluding hydrogens is 196 g/mol. The molecule has 2 bridgehead atoms. The van der Waals surface area contributed by atoms with Gasteiger partial charge in [0, 0.05) is 6.42 Å². The number of carbonyl (C=O) groups excluding carboxylic acids is 1. The molecule has 0 saturated heterocycles. The third kappa shape index (κ3) is 1.40. The van der Waals surface area contributed by atoms with Crippen molar-refractivity contribution in [1.82, 2.24) is 0 Å². The molecule has 0 N–H and O–H groups in total. The molecule has 0 aromatic carbocycles. The Kier molecular flexibility index (Phi) is 2.56. The first-order chi connectivity index (χ1) is 7.29. The molecular formula is C15H24O. The Bertz CT molecular complexity index is 339. The Hall–Kier alpha value is -0.590. The minimum Gasteiger partial charge on any atom is -0.295 e. The molecule has 2 saturated carbocycles. The number of allylic oxidation sites excluding steroid dienone is 1. The van der Waals surface area contributed by atoms with Crippen molar-refractivity contribution in [2.24, 2.45) is 22.7 Å². The van der Waals surface area contributed by atoms with Gasteiger partial charge in [-0.15, -0.1) is 0 Å². The zero-order valence-electron chi connectivity index (χ0n) is 11.1. The van der Waals surface area contributed by atoms with E-state index in [9.17, 15) is 4.79 Å². The lowest BCUT2D eigenvalue weighted by atomic mass is 9.65. The Morgan fingerprint density at radius 1 is 1.38 bits per heavy atom. The van der Waals surface area contributed by atoms with Gasteiger partial charge in [-0.2, -0.15) is 0 Å². The predicted octanol–water partition coefficient (Wildman–Crippen LogP) is 3.98. The van der Waals surface area contributed by atoms with E-state index in [1.54, 1.807) is 0 Å². The second-order valence-corrected chi connectivity index (χ2v) is 6.72. The Morgan fingerprint density at radius 2 is 2.00 bits per heavy atom. The molecule has 2 rings (SSSR count). The van der Waals surface area contributed by atoms with Crippen LogP contribution in [-0.2, 0) is 4.79 Å². The molecule has 0 amide bonds. The van der Waals surface area contributed by atoms with Crippen LogP contribution in [0.25, 0.3) is 0 Å². The molecule has 3 atom stereocenters. The summed E-state index contributed by atoms with van der Waals surface area (Å²) in [7, 11) is 0. The van der Waals surface area contributed by atoms with Gasteiger partial charge in [0.25, 0.3) is 0 Å². The standard InChI is InChI=1S/C15H24O/c1-10(2)13(16)9-12-8-11-6-7-15(12,5)14(11,3)4/h11-12H,1,6-9H2,2-5H3. The summed E-state index contributed by atoms with van der Waals surface area (Å²) in [6.45, 7) is 12.8. The van der Waals surface area contributed by atoms with E-state index in [0.717, 1.165) is 17.9 Å². The van der Waals surface area contributed by atoms with Crippen molar-refractivity contribution < 1.29 is 4.79 Å². The second-order valence-electron chi connectivity index (χ2n) is 6.72. The number of ketones is 1. The van der Waals surface area contributed by atoms with E-state index >= 15 is 0 Å². The van der Waals surface area contributed by atoms with E-state index in [4.69, 9.17) is 0 Å². The molecule has 2 aliphatic rings. The van der Waals surface area contributed by atoms with Crippen LogP contribution in [-0.4, -0.2) is 5.78 Å². The quantitative estimate of drug-likeness (QED) is 0.657. The molecule has 2 aliphatic carbocycles. The summed E-state index contributed by atoms with van der Waals surface area (Å²) in [4.78, 5) is 11.8. The van der Waals surface area contributed by atoms with Crippen molar-refractivity contribution in [2.45, 2.75) is 53.4 Å². The maximum Gasteiger partial charge on any atom is 0.158 e. The van der Waals surface area contributed by atoms with Gasteiger partial charge in [-0.3, -0.25) is 4.79 Å². The van der Waals surface area contributed by atoms with Crippen molar-refractivity contribution in [1.29, 1.82) is 0 Å². The first kappa shape index (κ1) is 11.9. The number of Topliss-reactive ketones (excluding diaryl/α,β-unsaturated/α-hetero) is 1. The summed E-state index contributed by atoms with van der Waals surface area (Å²) in [6, 6.07) is 0. The molecule has 16 heavy (non-hydrogen) atoms. The molecule has 3 unspecified atom stereocenters. The first-order valence-corrected chi connectivity index (χ1v) is 6.48. The highest BCUT2D eigenvalue weighted by Crippen LogP contribution is 2.68. The van der Waals surface area contributed by atoms with Crippen LogP contribution in [0.5, 0.6) is 0 Å². The van der Waals surface area contributed by atoms with E-state index in [2.05, 4.69) is 27.4 Å². The van der Waals surface area contributed by atoms with Gasteiger partial charge < -0.3 is 0 Å². The van der Waals surface area contributed by atoms with Crippen LogP contribution < -0.4 is 0 Å². The number of hydrogen-bond donors (Lipinski definition) is 0. The van der Waals surface area contributed by atoms with Crippen LogP contribution >= 0.6 is 0 Å². The van der Waals surface area contributed by atoms with Crippen LogP contribution in [0.1, 0.15) is 53.4 Å². The third-order valence-corrected chi connectivity index (χ3v) is 5.88. The summed E-state index contributed by atoms with van der Waals surface area (Å²) in [5, 5.41) is 0. The highest BCUT2D eigenvalue weighted by molar-refractivity contribution is 5.94. The van der Waals surface area contributed by atoms with E-state index in [-0.39, 0.29) is 5.78 Å². The normalized spacial score (nSPS) is 40.0. The summed E-state index contributed by atoms with van der Waals surface area (Å²) < 4.78 is 0. The molecule has 0 spiro atoms. The van der Waals surface area contributed by atoms with Crippen molar-refractivity contribution >= 4 is 5.78 Å². The lowest BCUT2D eigenvalue weighted by molar-refractivity contribution is -0.117. The molecule has 0 aromatic rings. The topological polar surface area (TPSA) is 17.1 Å². The van der Waals surface area contributed by atoms with E-state index in [1.165, 1.54) is 19.3 Å². The smallest absolute Gasteiger partial charge is 0.158 e. The third-order valence-electron chi connectivity index (χ3n) is 5.88. The zero-order chi connectivity index (χ0) is 12.1. The molecule has 1 heteroatoms. The number of rotatable bonds is 3. The van der Waals surface area contributed by atoms with E-state index < -0.39 is 0 Å². The zero-order valence-corrected chi connectivity index (χ0v) is 11.1. The number of hydrogen-bond acceptors (Lipinski definition) is 1. The van der Waals surface area contributed by atoms with E-state index in [1.807, 2.05) is 6.92 Å². The average molecular weight is 220 g/mol. The fraction of sp³-hybridized carbons (Fsp3) is 0.800. The van der Waals surface area contributed by atoms with Crippen molar-refractivity contribution in [3.05, 3.63) is 12.2 Å². The predicted molar refractivity (Wildman–Crippen MR) is 67.2 cm³/mol. The largest absolute Gasteiger partial charge is 0.295 e. The molecule has 0 aromatic heterocycles. The van der Waals surface area contributed by atoms with Crippen molar-refractivity contribution in [3.8, 4) is 0 Å². The van der Waals surface area contributed by atoms with E-state index in [0.29, 0.717) is 16.7 Å². The summed E-state index contributed by atoms with van der Waals surface area (Å²) in [5.74, 6) is 1.69. The SMILES string of the molecule is C=C(C)C(=O)CC1CC2CCC1(C)C2(C)C. The molecule has 0 heterocycles. The van der Waals surface area contributed by atoms with Crippen LogP contribution in [0.15, 0.2) is 12.2 Å². The van der Waals surface area contributed by atoms with Gasteiger partial charge >= 0.3 is 0 Å². The van der Waals surface area contributed by atoms with Crippen LogP contribution in [0.3, 0.4) is 0 Å². The summed E-state index contributed by atoms with van der Waals surface area (Å²) in [6.07, 6.45) is 4.65. The van der Waals surface area contributed by atoms with Crippen molar-refractivity contribution in [2.75, 3.05) is 0 Å². The highest BCUT2D eigenvalue weighted by Gasteiger charge is 2.61. The van der Waals surface area contributed by atoms with Gasteiger partial charge in [-0.1, -0.05) is 27.4 Å². The summed E-state index contributed by atoms with van der Waals surface area (Å²) >= 11 is 0. The van der Waals surface area contributed by atoms with Gasteiger partial charge in [-0.25, -0.2) is 0 Å². The van der Waals surface area contributed by atoms with Gasteiger partial charge in [0.15, 0.2) is 5.78 Å². The lowest BCUT2D eigenvalue weighted by Crippen LogP contribution is -2.33. The Morgan fingerprint density at radius 3 is 2.38 bits per heavy atom. The Labute approximate surface area is 99.3 Å². The number of carbonyl (C=O) groups is 1. The average Bonchev–Trinajstić information content (AvgIpc) is 2.50. The minimum atomic E-state index is 0.273. The van der Waals surface area contributed by atoms with Crippen LogP contribution in [0.4, 0.5) is 0 Å². The van der Waals surface area contributed by atoms with Gasteiger partial charge in [0.1, 0.15) is 0 Å². The van der Waals surface area contributed by atoms with Crippen molar-refractivity contribution in [3.63, 3.8) is 0 Å². The molecule has 2 fully saturated rings. The second kappa shape index (κ2) is 3.45. The number of fused-ring (bicyclic) bond motifs is 2. The first-order valence-electron chi connectivity index (χ1n) is 6.48. The van der Waals surface area contributed by atoms with Crippen LogP contribution in [0.2, 0.25) is 0 Å². The monoisotopic (exact) mass is 220 g/mol. The molecule has 90 valence electrons. The van der Waals surface area contributed by atoms with Gasteiger partial charge in [0.05, 0.1) is 0 Å². The van der Waals surface area contributed by atoms with Gasteiger partial charge in [0.2, 0.25) is 0 Å². The lowest BCUT2D eigenvalue weighted by Gasteiger charge is -2.39. The molecule has 1 nitrogen and oxygen atoms in total. The van der Waals surface area contributed by atoms with Crippen LogP contribution in [0, 0.1) is 22.7 Å².